The van der Waals surface area contributed by atoms with E-state index in [0.717, 1.165) is 0 Å². The van der Waals surface area contributed by atoms with Crippen LogP contribution in [0.15, 0.2) is 47.3 Å². The van der Waals surface area contributed by atoms with Crippen molar-refractivity contribution in [2.24, 2.45) is 7.05 Å². The zero-order valence-corrected chi connectivity index (χ0v) is 14.6. The number of aromatic nitrogens is 2. The van der Waals surface area contributed by atoms with Gasteiger partial charge in [-0.15, -0.1) is 0 Å². The Morgan fingerprint density at radius 1 is 1.16 bits per heavy atom. The Labute approximate surface area is 148 Å². The molecule has 0 saturated heterocycles. The van der Waals surface area contributed by atoms with E-state index in [2.05, 4.69) is 4.98 Å². The summed E-state index contributed by atoms with van der Waals surface area (Å²) in [5.41, 5.74) is 0.597. The fourth-order valence-electron chi connectivity index (χ4n) is 2.37. The van der Waals surface area contributed by atoms with Gasteiger partial charge >= 0.3 is 5.97 Å². The van der Waals surface area contributed by atoms with Gasteiger partial charge in [0.05, 0.1) is 23.1 Å². The van der Waals surface area contributed by atoms with E-state index >= 15 is 0 Å². The summed E-state index contributed by atoms with van der Waals surface area (Å²) in [5, 5.41) is 0.453. The number of carbonyl (C=O) groups is 1. The standard InChI is InChI=1S/C18H16N2O4S/c1-3-23-12-5-7-13(8-6-12)24-17(22)11-4-9-14-15(10-11)19-18(25)20(2)16(14)21/h4-10H,3H2,1-2H3,(H,19,25). The van der Waals surface area contributed by atoms with Gasteiger partial charge in [-0.1, -0.05) is 0 Å². The number of hydrogen-bond acceptors (Lipinski definition) is 5. The minimum atomic E-state index is -0.522. The van der Waals surface area contributed by atoms with Crippen molar-refractivity contribution in [3.05, 3.63) is 63.2 Å². The highest BCUT2D eigenvalue weighted by molar-refractivity contribution is 7.71. The number of nitrogens with zero attached hydrogens (tertiary/aromatic N) is 1. The molecule has 0 aliphatic carbocycles. The fourth-order valence-corrected chi connectivity index (χ4v) is 2.56. The molecule has 0 bridgehead atoms. The number of rotatable bonds is 4. The van der Waals surface area contributed by atoms with Crippen LogP contribution in [0.1, 0.15) is 17.3 Å². The maximum atomic E-state index is 12.3. The second kappa shape index (κ2) is 6.90. The van der Waals surface area contributed by atoms with Gasteiger partial charge < -0.3 is 14.5 Å². The maximum Gasteiger partial charge on any atom is 0.343 e. The summed E-state index contributed by atoms with van der Waals surface area (Å²) in [4.78, 5) is 27.4. The van der Waals surface area contributed by atoms with E-state index in [-0.39, 0.29) is 10.3 Å². The van der Waals surface area contributed by atoms with E-state index in [1.807, 2.05) is 6.92 Å². The molecule has 3 aromatic rings. The van der Waals surface area contributed by atoms with Gasteiger partial charge in [-0.3, -0.25) is 9.36 Å². The van der Waals surface area contributed by atoms with Crippen LogP contribution in [-0.4, -0.2) is 22.1 Å². The lowest BCUT2D eigenvalue weighted by Gasteiger charge is -2.07. The fraction of sp³-hybridized carbons (Fsp3) is 0.167. The Balaban J connectivity index is 1.88. The van der Waals surface area contributed by atoms with Gasteiger partial charge in [-0.25, -0.2) is 4.79 Å². The lowest BCUT2D eigenvalue weighted by Crippen LogP contribution is -2.19. The monoisotopic (exact) mass is 356 g/mol. The summed E-state index contributed by atoms with van der Waals surface area (Å²) in [6, 6.07) is 11.5. The van der Waals surface area contributed by atoms with Crippen molar-refractivity contribution < 1.29 is 14.3 Å². The van der Waals surface area contributed by atoms with Crippen molar-refractivity contribution in [3.8, 4) is 11.5 Å². The van der Waals surface area contributed by atoms with E-state index in [9.17, 15) is 9.59 Å². The van der Waals surface area contributed by atoms with Crippen molar-refractivity contribution in [2.45, 2.75) is 6.92 Å². The molecule has 1 N–H and O–H groups in total. The van der Waals surface area contributed by atoms with Gasteiger partial charge in [0.1, 0.15) is 11.5 Å². The van der Waals surface area contributed by atoms with Gasteiger partial charge in [-0.05, 0) is 61.6 Å². The quantitative estimate of drug-likeness (QED) is 0.441. The highest BCUT2D eigenvalue weighted by Gasteiger charge is 2.11. The van der Waals surface area contributed by atoms with E-state index in [4.69, 9.17) is 21.7 Å². The predicted octanol–water partition coefficient (Wildman–Crippen LogP) is 3.21. The number of benzene rings is 2. The molecule has 1 aromatic heterocycles. The van der Waals surface area contributed by atoms with Crippen LogP contribution in [0.4, 0.5) is 0 Å². The van der Waals surface area contributed by atoms with Gasteiger partial charge in [0.25, 0.3) is 5.56 Å². The first-order valence-corrected chi connectivity index (χ1v) is 8.08. The molecule has 0 unspecified atom stereocenters. The number of aromatic amines is 1. The van der Waals surface area contributed by atoms with E-state index in [0.29, 0.717) is 34.6 Å². The number of carbonyl (C=O) groups excluding carboxylic acids is 1. The third-order valence-electron chi connectivity index (χ3n) is 3.68. The summed E-state index contributed by atoms with van der Waals surface area (Å²) >= 11 is 5.10. The minimum absolute atomic E-state index is 0.217. The summed E-state index contributed by atoms with van der Waals surface area (Å²) in [5.74, 6) is 0.591. The largest absolute Gasteiger partial charge is 0.494 e. The first kappa shape index (κ1) is 16.9. The molecule has 1 heterocycles. The van der Waals surface area contributed by atoms with Crippen LogP contribution >= 0.6 is 12.2 Å². The normalized spacial score (nSPS) is 10.6. The molecule has 6 nitrogen and oxygen atoms in total. The van der Waals surface area contributed by atoms with Crippen LogP contribution in [0.5, 0.6) is 11.5 Å². The summed E-state index contributed by atoms with van der Waals surface area (Å²) < 4.78 is 12.3. The number of H-pyrrole nitrogens is 1. The number of nitrogens with one attached hydrogen (secondary N) is 1. The molecule has 2 aromatic carbocycles. The van der Waals surface area contributed by atoms with Crippen molar-refractivity contribution >= 4 is 29.1 Å². The molecule has 0 saturated carbocycles. The Kier molecular flexibility index (Phi) is 4.67. The van der Waals surface area contributed by atoms with Gasteiger partial charge in [0.15, 0.2) is 4.77 Å². The van der Waals surface area contributed by atoms with Crippen molar-refractivity contribution in [2.75, 3.05) is 6.61 Å². The zero-order chi connectivity index (χ0) is 18.0. The lowest BCUT2D eigenvalue weighted by atomic mass is 10.1. The summed E-state index contributed by atoms with van der Waals surface area (Å²) in [6.07, 6.45) is 0. The maximum absolute atomic E-state index is 12.3. The Bertz CT molecular complexity index is 1050. The molecule has 0 atom stereocenters. The Morgan fingerprint density at radius 2 is 1.84 bits per heavy atom. The highest BCUT2D eigenvalue weighted by Crippen LogP contribution is 2.19. The topological polar surface area (TPSA) is 73.3 Å². The highest BCUT2D eigenvalue weighted by atomic mass is 32.1. The van der Waals surface area contributed by atoms with Gasteiger partial charge in [0.2, 0.25) is 0 Å². The lowest BCUT2D eigenvalue weighted by molar-refractivity contribution is 0.0734. The van der Waals surface area contributed by atoms with Crippen LogP contribution in [0, 0.1) is 4.77 Å². The molecular formula is C18H16N2O4S. The molecule has 0 spiro atoms. The summed E-state index contributed by atoms with van der Waals surface area (Å²) in [6.45, 7) is 2.46. The zero-order valence-electron chi connectivity index (χ0n) is 13.7. The molecular weight excluding hydrogens is 340 g/mol. The number of hydrogen-bond donors (Lipinski definition) is 1. The molecule has 128 valence electrons. The minimum Gasteiger partial charge on any atom is -0.494 e. The number of fused-ring (bicyclic) bond motifs is 1. The van der Waals surface area contributed by atoms with E-state index in [1.165, 1.54) is 4.57 Å². The van der Waals surface area contributed by atoms with E-state index < -0.39 is 5.97 Å². The van der Waals surface area contributed by atoms with Crippen LogP contribution in [0.3, 0.4) is 0 Å². The second-order valence-electron chi connectivity index (χ2n) is 5.35. The molecule has 0 radical (unpaired) electrons. The first-order chi connectivity index (χ1) is 12.0. The average Bonchev–Trinajstić information content (AvgIpc) is 2.61. The van der Waals surface area contributed by atoms with E-state index in [1.54, 1.807) is 49.5 Å². The predicted molar refractivity (Wildman–Crippen MR) is 96.9 cm³/mol. The third kappa shape index (κ3) is 3.46. The van der Waals surface area contributed by atoms with Gasteiger partial charge in [0, 0.05) is 7.05 Å². The van der Waals surface area contributed by atoms with Crippen LogP contribution in [0.25, 0.3) is 10.9 Å². The number of esters is 1. The van der Waals surface area contributed by atoms with Crippen LogP contribution in [-0.2, 0) is 7.05 Å². The molecule has 0 amide bonds. The Morgan fingerprint density at radius 3 is 2.52 bits per heavy atom. The molecule has 0 aliphatic rings. The Hall–Kier alpha value is -2.93. The van der Waals surface area contributed by atoms with Crippen molar-refractivity contribution in [1.82, 2.24) is 9.55 Å². The van der Waals surface area contributed by atoms with Crippen molar-refractivity contribution in [3.63, 3.8) is 0 Å². The van der Waals surface area contributed by atoms with Gasteiger partial charge in [-0.2, -0.15) is 0 Å². The summed E-state index contributed by atoms with van der Waals surface area (Å²) in [7, 11) is 1.59. The van der Waals surface area contributed by atoms with Crippen LogP contribution < -0.4 is 15.0 Å². The smallest absolute Gasteiger partial charge is 0.343 e. The molecule has 0 aliphatic heterocycles. The first-order valence-electron chi connectivity index (χ1n) is 7.67. The third-order valence-corrected chi connectivity index (χ3v) is 4.06. The SMILES string of the molecule is CCOc1ccc(OC(=O)c2ccc3c(=O)n(C)c(=S)[nH]c3c2)cc1. The molecule has 3 rings (SSSR count). The van der Waals surface area contributed by atoms with Crippen molar-refractivity contribution in [1.29, 1.82) is 0 Å². The second-order valence-corrected chi connectivity index (χ2v) is 5.74. The number of ether oxygens (including phenoxy) is 2. The molecule has 25 heavy (non-hydrogen) atoms. The van der Waals surface area contributed by atoms with Crippen LogP contribution in [0.2, 0.25) is 0 Å². The molecule has 0 fully saturated rings. The average molecular weight is 356 g/mol. The molecule has 7 heteroatoms.